The van der Waals surface area contributed by atoms with Gasteiger partial charge in [0.15, 0.2) is 0 Å². The van der Waals surface area contributed by atoms with Crippen LogP contribution in [0.25, 0.3) is 0 Å². The highest BCUT2D eigenvalue weighted by molar-refractivity contribution is 5.69. The Morgan fingerprint density at radius 2 is 1.91 bits per heavy atom. The molecule has 2 rings (SSSR count). The number of nitrogens with zero attached hydrogens (tertiary/aromatic N) is 1. The van der Waals surface area contributed by atoms with Gasteiger partial charge in [-0.3, -0.25) is 0 Å². The lowest BCUT2D eigenvalue weighted by molar-refractivity contribution is 0.0231. The predicted molar refractivity (Wildman–Crippen MR) is 94.5 cm³/mol. The minimum absolute atomic E-state index is 0.153. The molecule has 2 aliphatic carbocycles. The third kappa shape index (κ3) is 5.98. The van der Waals surface area contributed by atoms with E-state index in [-0.39, 0.29) is 6.09 Å². The summed E-state index contributed by atoms with van der Waals surface area (Å²) in [5, 5.41) is 3.69. The minimum Gasteiger partial charge on any atom is -0.444 e. The SMILES string of the molecule is CC1CC(C)(C)CCC1NCCN(C(=O)OC(C)(C)C)C1CC1. The van der Waals surface area contributed by atoms with Gasteiger partial charge in [-0.15, -0.1) is 0 Å². The number of hydrogen-bond acceptors (Lipinski definition) is 3. The summed E-state index contributed by atoms with van der Waals surface area (Å²) < 4.78 is 5.55. The van der Waals surface area contributed by atoms with Gasteiger partial charge in [0.05, 0.1) is 0 Å². The molecule has 0 aromatic heterocycles. The summed E-state index contributed by atoms with van der Waals surface area (Å²) in [6, 6.07) is 0.983. The van der Waals surface area contributed by atoms with E-state index in [1.165, 1.54) is 19.3 Å². The molecule has 4 nitrogen and oxygen atoms in total. The largest absolute Gasteiger partial charge is 0.444 e. The normalized spacial score (nSPS) is 27.6. The number of carbonyl (C=O) groups excluding carboxylic acids is 1. The van der Waals surface area contributed by atoms with Crippen molar-refractivity contribution in [2.24, 2.45) is 11.3 Å². The van der Waals surface area contributed by atoms with Gasteiger partial charge >= 0.3 is 6.09 Å². The minimum atomic E-state index is -0.416. The second kappa shape index (κ2) is 7.00. The van der Waals surface area contributed by atoms with Gasteiger partial charge in [0.25, 0.3) is 0 Å². The zero-order valence-electron chi connectivity index (χ0n) is 15.9. The Morgan fingerprint density at radius 1 is 1.26 bits per heavy atom. The fourth-order valence-corrected chi connectivity index (χ4v) is 3.75. The molecule has 0 aliphatic heterocycles. The van der Waals surface area contributed by atoms with E-state index in [4.69, 9.17) is 4.74 Å². The monoisotopic (exact) mass is 324 g/mol. The van der Waals surface area contributed by atoms with E-state index < -0.39 is 5.60 Å². The fourth-order valence-electron chi connectivity index (χ4n) is 3.75. The van der Waals surface area contributed by atoms with Crippen molar-refractivity contribution in [2.75, 3.05) is 13.1 Å². The average Bonchev–Trinajstić information content (AvgIpc) is 3.18. The van der Waals surface area contributed by atoms with Gasteiger partial charge in [-0.2, -0.15) is 0 Å². The molecule has 2 unspecified atom stereocenters. The Morgan fingerprint density at radius 3 is 2.43 bits per heavy atom. The first-order chi connectivity index (χ1) is 10.6. The van der Waals surface area contributed by atoms with Gasteiger partial charge in [0.2, 0.25) is 0 Å². The van der Waals surface area contributed by atoms with E-state index in [0.717, 1.165) is 25.9 Å². The molecule has 1 N–H and O–H groups in total. The van der Waals surface area contributed by atoms with Crippen LogP contribution in [0, 0.1) is 11.3 Å². The van der Waals surface area contributed by atoms with Crippen molar-refractivity contribution in [3.05, 3.63) is 0 Å². The Hall–Kier alpha value is -0.770. The van der Waals surface area contributed by atoms with Crippen molar-refractivity contribution in [1.29, 1.82) is 0 Å². The number of carbonyl (C=O) groups is 1. The Kier molecular flexibility index (Phi) is 5.65. The summed E-state index contributed by atoms with van der Waals surface area (Å²) in [5.41, 5.74) is 0.0648. The average molecular weight is 325 g/mol. The van der Waals surface area contributed by atoms with Gasteiger partial charge < -0.3 is 15.0 Å². The van der Waals surface area contributed by atoms with Crippen LogP contribution in [-0.4, -0.2) is 41.8 Å². The lowest BCUT2D eigenvalue weighted by Gasteiger charge is -2.40. The van der Waals surface area contributed by atoms with Crippen LogP contribution >= 0.6 is 0 Å². The smallest absolute Gasteiger partial charge is 0.410 e. The Bertz CT molecular complexity index is 410. The van der Waals surface area contributed by atoms with Crippen molar-refractivity contribution in [3.63, 3.8) is 0 Å². The Labute approximate surface area is 142 Å². The molecular weight excluding hydrogens is 288 g/mol. The van der Waals surface area contributed by atoms with E-state index in [9.17, 15) is 4.79 Å². The molecule has 134 valence electrons. The lowest BCUT2D eigenvalue weighted by atomic mass is 9.70. The summed E-state index contributed by atoms with van der Waals surface area (Å²) in [5.74, 6) is 0.703. The zero-order chi connectivity index (χ0) is 17.3. The molecule has 0 heterocycles. The second-order valence-corrected chi connectivity index (χ2v) is 9.35. The van der Waals surface area contributed by atoms with Gasteiger partial charge in [-0.05, 0) is 64.2 Å². The summed E-state index contributed by atoms with van der Waals surface area (Å²) in [6.07, 6.45) is 5.89. The maximum Gasteiger partial charge on any atom is 0.410 e. The van der Waals surface area contributed by atoms with E-state index >= 15 is 0 Å². The van der Waals surface area contributed by atoms with Gasteiger partial charge in [0, 0.05) is 25.2 Å². The van der Waals surface area contributed by atoms with Crippen LogP contribution in [0.2, 0.25) is 0 Å². The first kappa shape index (κ1) is 18.6. The molecule has 2 saturated carbocycles. The molecule has 23 heavy (non-hydrogen) atoms. The van der Waals surface area contributed by atoms with Gasteiger partial charge in [-0.25, -0.2) is 4.79 Å². The van der Waals surface area contributed by atoms with Crippen LogP contribution in [0.4, 0.5) is 4.79 Å². The van der Waals surface area contributed by atoms with E-state index in [2.05, 4.69) is 26.1 Å². The molecule has 0 spiro atoms. The highest BCUT2D eigenvalue weighted by atomic mass is 16.6. The molecule has 0 saturated heterocycles. The zero-order valence-corrected chi connectivity index (χ0v) is 15.9. The third-order valence-corrected chi connectivity index (χ3v) is 5.07. The fraction of sp³-hybridized carbons (Fsp3) is 0.947. The molecule has 0 aromatic rings. The van der Waals surface area contributed by atoms with E-state index in [0.29, 0.717) is 23.4 Å². The molecule has 0 aromatic carbocycles. The van der Waals surface area contributed by atoms with Gasteiger partial charge in [-0.1, -0.05) is 20.8 Å². The van der Waals surface area contributed by atoms with Crippen LogP contribution in [0.5, 0.6) is 0 Å². The number of rotatable bonds is 5. The highest BCUT2D eigenvalue weighted by Crippen LogP contribution is 2.38. The first-order valence-electron chi connectivity index (χ1n) is 9.30. The maximum absolute atomic E-state index is 12.3. The molecule has 1 amide bonds. The third-order valence-electron chi connectivity index (χ3n) is 5.07. The number of ether oxygens (including phenoxy) is 1. The quantitative estimate of drug-likeness (QED) is 0.824. The highest BCUT2D eigenvalue weighted by Gasteiger charge is 2.36. The predicted octanol–water partition coefficient (Wildman–Crippen LogP) is 4.19. The Balaban J connectivity index is 1.78. The number of nitrogens with one attached hydrogen (secondary N) is 1. The van der Waals surface area contributed by atoms with E-state index in [1.807, 2.05) is 25.7 Å². The van der Waals surface area contributed by atoms with Crippen LogP contribution in [0.15, 0.2) is 0 Å². The van der Waals surface area contributed by atoms with Crippen molar-refractivity contribution < 1.29 is 9.53 Å². The molecule has 2 aliphatic rings. The van der Waals surface area contributed by atoms with Crippen LogP contribution in [0.1, 0.15) is 73.6 Å². The molecular formula is C19H36N2O2. The van der Waals surface area contributed by atoms with Crippen molar-refractivity contribution in [1.82, 2.24) is 10.2 Å². The molecule has 4 heteroatoms. The molecule has 0 radical (unpaired) electrons. The number of amides is 1. The molecule has 2 atom stereocenters. The summed E-state index contributed by atoms with van der Waals surface area (Å²) in [4.78, 5) is 14.3. The lowest BCUT2D eigenvalue weighted by Crippen LogP contribution is -2.46. The van der Waals surface area contributed by atoms with Crippen molar-refractivity contribution in [3.8, 4) is 0 Å². The second-order valence-electron chi connectivity index (χ2n) is 9.35. The number of hydrogen-bond donors (Lipinski definition) is 1. The van der Waals surface area contributed by atoms with Crippen LogP contribution < -0.4 is 5.32 Å². The van der Waals surface area contributed by atoms with Crippen LogP contribution in [0.3, 0.4) is 0 Å². The summed E-state index contributed by atoms with van der Waals surface area (Å²) >= 11 is 0. The van der Waals surface area contributed by atoms with Gasteiger partial charge in [0.1, 0.15) is 5.60 Å². The first-order valence-corrected chi connectivity index (χ1v) is 9.30. The summed E-state index contributed by atoms with van der Waals surface area (Å²) in [6.45, 7) is 14.5. The maximum atomic E-state index is 12.3. The van der Waals surface area contributed by atoms with Crippen molar-refractivity contribution >= 4 is 6.09 Å². The standard InChI is InChI=1S/C19H36N2O2/c1-14-13-19(5,6)10-9-16(14)20-11-12-21(15-7-8-15)17(22)23-18(2,3)4/h14-16,20H,7-13H2,1-6H3. The summed E-state index contributed by atoms with van der Waals surface area (Å²) in [7, 11) is 0. The molecule has 2 fully saturated rings. The van der Waals surface area contributed by atoms with Crippen molar-refractivity contribution in [2.45, 2.75) is 91.3 Å². The van der Waals surface area contributed by atoms with Crippen LogP contribution in [-0.2, 0) is 4.74 Å². The van der Waals surface area contributed by atoms with E-state index in [1.54, 1.807) is 0 Å². The topological polar surface area (TPSA) is 41.6 Å². The molecule has 0 bridgehead atoms.